The Morgan fingerprint density at radius 3 is 2.95 bits per heavy atom. The number of hydrogen-bond donors (Lipinski definition) is 1. The predicted molar refractivity (Wildman–Crippen MR) is 84.4 cm³/mol. The molecule has 0 spiro atoms. The van der Waals surface area contributed by atoms with Crippen LogP contribution >= 0.6 is 11.8 Å². The van der Waals surface area contributed by atoms with Crippen LogP contribution in [0.15, 0.2) is 53.4 Å². The molecule has 104 valence electrons. The minimum atomic E-state index is 0.0890. The highest BCUT2D eigenvalue weighted by Crippen LogP contribution is 2.37. The van der Waals surface area contributed by atoms with Crippen LogP contribution in [0.25, 0.3) is 0 Å². The van der Waals surface area contributed by atoms with E-state index in [2.05, 4.69) is 42.5 Å². The fourth-order valence-electron chi connectivity index (χ4n) is 2.45. The van der Waals surface area contributed by atoms with Gasteiger partial charge in [0.15, 0.2) is 0 Å². The number of benzene rings is 2. The molecule has 0 bridgehead atoms. The van der Waals surface area contributed by atoms with Gasteiger partial charge in [-0.15, -0.1) is 11.8 Å². The van der Waals surface area contributed by atoms with Crippen molar-refractivity contribution in [1.29, 1.82) is 0 Å². The lowest BCUT2D eigenvalue weighted by atomic mass is 10.0. The Labute approximate surface area is 124 Å². The molecule has 0 saturated heterocycles. The lowest BCUT2D eigenvalue weighted by molar-refractivity contribution is 0.339. The lowest BCUT2D eigenvalue weighted by Crippen LogP contribution is -2.05. The molecule has 2 aromatic carbocycles. The summed E-state index contributed by atoms with van der Waals surface area (Å²) >= 11 is 1.88. The van der Waals surface area contributed by atoms with Crippen LogP contribution in [0.5, 0.6) is 5.75 Å². The number of para-hydroxylation sites is 1. The molecule has 1 aliphatic heterocycles. The van der Waals surface area contributed by atoms with Crippen LogP contribution in [-0.4, -0.2) is 12.4 Å². The molecule has 2 aromatic rings. The first kappa shape index (κ1) is 13.5. The van der Waals surface area contributed by atoms with Gasteiger partial charge in [0.25, 0.3) is 0 Å². The van der Waals surface area contributed by atoms with Crippen LogP contribution in [0.3, 0.4) is 0 Å². The summed E-state index contributed by atoms with van der Waals surface area (Å²) in [5, 5.41) is 0. The number of hydrogen-bond acceptors (Lipinski definition) is 3. The molecule has 2 unspecified atom stereocenters. The Kier molecular flexibility index (Phi) is 3.99. The van der Waals surface area contributed by atoms with Crippen molar-refractivity contribution < 1.29 is 4.74 Å². The van der Waals surface area contributed by atoms with E-state index in [1.807, 2.05) is 24.8 Å². The lowest BCUT2D eigenvalue weighted by Gasteiger charge is -2.10. The second kappa shape index (κ2) is 5.90. The molecular weight excluding hydrogens is 266 g/mol. The third kappa shape index (κ3) is 2.84. The van der Waals surface area contributed by atoms with Crippen molar-refractivity contribution in [2.75, 3.05) is 12.4 Å². The molecule has 3 heteroatoms. The summed E-state index contributed by atoms with van der Waals surface area (Å²) in [5.41, 5.74) is 8.46. The van der Waals surface area contributed by atoms with E-state index in [1.165, 1.54) is 16.0 Å². The average molecular weight is 285 g/mol. The average Bonchev–Trinajstić information content (AvgIpc) is 2.89. The van der Waals surface area contributed by atoms with Gasteiger partial charge in [-0.25, -0.2) is 0 Å². The van der Waals surface area contributed by atoms with Gasteiger partial charge < -0.3 is 10.5 Å². The van der Waals surface area contributed by atoms with Crippen LogP contribution in [0, 0.1) is 0 Å². The number of nitrogens with two attached hydrogens (primary N) is 1. The highest BCUT2D eigenvalue weighted by molar-refractivity contribution is 7.99. The van der Waals surface area contributed by atoms with E-state index in [1.54, 1.807) is 0 Å². The van der Waals surface area contributed by atoms with Crippen LogP contribution in [0.1, 0.15) is 30.0 Å². The van der Waals surface area contributed by atoms with Gasteiger partial charge in [0.2, 0.25) is 0 Å². The highest BCUT2D eigenvalue weighted by atomic mass is 32.2. The fourth-order valence-corrected chi connectivity index (χ4v) is 3.52. The summed E-state index contributed by atoms with van der Waals surface area (Å²) < 4.78 is 5.73. The Morgan fingerprint density at radius 2 is 2.10 bits per heavy atom. The van der Waals surface area contributed by atoms with Gasteiger partial charge in [0, 0.05) is 28.2 Å². The zero-order valence-electron chi connectivity index (χ0n) is 11.6. The largest absolute Gasteiger partial charge is 0.493 e. The molecule has 0 radical (unpaired) electrons. The van der Waals surface area contributed by atoms with Gasteiger partial charge in [-0.1, -0.05) is 30.3 Å². The molecule has 2 nitrogen and oxygen atoms in total. The first-order chi connectivity index (χ1) is 9.74. The van der Waals surface area contributed by atoms with Gasteiger partial charge in [0.1, 0.15) is 5.75 Å². The summed E-state index contributed by atoms with van der Waals surface area (Å²) in [6.45, 7) is 2.81. The zero-order valence-corrected chi connectivity index (χ0v) is 12.4. The van der Waals surface area contributed by atoms with E-state index in [9.17, 15) is 0 Å². The Bertz CT molecular complexity index is 597. The van der Waals surface area contributed by atoms with Crippen molar-refractivity contribution in [2.45, 2.75) is 23.8 Å². The van der Waals surface area contributed by atoms with Crippen LogP contribution in [-0.2, 0) is 0 Å². The van der Waals surface area contributed by atoms with E-state index in [4.69, 9.17) is 10.5 Å². The predicted octanol–water partition coefficient (Wildman–Crippen LogP) is 3.97. The van der Waals surface area contributed by atoms with Gasteiger partial charge >= 0.3 is 0 Å². The van der Waals surface area contributed by atoms with Gasteiger partial charge in [0.05, 0.1) is 6.61 Å². The number of ether oxygens (including phenoxy) is 1. The van der Waals surface area contributed by atoms with Gasteiger partial charge in [-0.05, 0) is 30.7 Å². The quantitative estimate of drug-likeness (QED) is 0.863. The Balaban J connectivity index is 1.67. The van der Waals surface area contributed by atoms with E-state index in [0.717, 1.165) is 18.1 Å². The van der Waals surface area contributed by atoms with Gasteiger partial charge in [-0.3, -0.25) is 0 Å². The maximum atomic E-state index is 5.93. The van der Waals surface area contributed by atoms with Crippen molar-refractivity contribution in [2.24, 2.45) is 5.73 Å². The molecule has 2 N–H and O–H groups in total. The number of fused-ring (bicyclic) bond motifs is 1. The van der Waals surface area contributed by atoms with Crippen molar-refractivity contribution in [3.05, 3.63) is 59.7 Å². The summed E-state index contributed by atoms with van der Waals surface area (Å²) in [4.78, 5) is 1.28. The molecule has 20 heavy (non-hydrogen) atoms. The molecule has 0 amide bonds. The molecule has 0 fully saturated rings. The zero-order chi connectivity index (χ0) is 13.9. The molecule has 0 aliphatic carbocycles. The van der Waals surface area contributed by atoms with Crippen LogP contribution in [0.2, 0.25) is 0 Å². The molecule has 0 aromatic heterocycles. The van der Waals surface area contributed by atoms with Crippen molar-refractivity contribution in [3.63, 3.8) is 0 Å². The summed E-state index contributed by atoms with van der Waals surface area (Å²) in [7, 11) is 0. The third-order valence-electron chi connectivity index (χ3n) is 3.63. The summed E-state index contributed by atoms with van der Waals surface area (Å²) in [6.07, 6.45) is 0. The maximum absolute atomic E-state index is 5.93. The fraction of sp³-hybridized carbons (Fsp3) is 0.294. The third-order valence-corrected chi connectivity index (χ3v) is 4.79. The maximum Gasteiger partial charge on any atom is 0.122 e. The van der Waals surface area contributed by atoms with Crippen LogP contribution in [0.4, 0.5) is 0 Å². The monoisotopic (exact) mass is 285 g/mol. The highest BCUT2D eigenvalue weighted by Gasteiger charge is 2.23. The molecule has 2 atom stereocenters. The topological polar surface area (TPSA) is 35.2 Å². The first-order valence-electron chi connectivity index (χ1n) is 6.94. The van der Waals surface area contributed by atoms with E-state index < -0.39 is 0 Å². The molecular formula is C17H19NOS. The Hall–Kier alpha value is -1.45. The Morgan fingerprint density at radius 1 is 1.25 bits per heavy atom. The van der Waals surface area contributed by atoms with E-state index in [0.29, 0.717) is 5.92 Å². The smallest absolute Gasteiger partial charge is 0.122 e. The second-order valence-corrected chi connectivity index (χ2v) is 6.31. The first-order valence-corrected chi connectivity index (χ1v) is 7.92. The van der Waals surface area contributed by atoms with E-state index >= 15 is 0 Å². The SMILES string of the molecule is CC(N)c1cccc(SCC2COc3ccccc32)c1. The minimum absolute atomic E-state index is 0.0890. The van der Waals surface area contributed by atoms with Crippen molar-refractivity contribution in [1.82, 2.24) is 0 Å². The summed E-state index contributed by atoms with van der Waals surface area (Å²) in [5.74, 6) is 2.57. The number of thioether (sulfide) groups is 1. The molecule has 0 saturated carbocycles. The van der Waals surface area contributed by atoms with E-state index in [-0.39, 0.29) is 6.04 Å². The standard InChI is InChI=1S/C17H19NOS/c1-12(18)13-5-4-6-15(9-13)20-11-14-10-19-17-8-3-2-7-16(14)17/h2-9,12,14H,10-11,18H2,1H3. The summed E-state index contributed by atoms with van der Waals surface area (Å²) in [6, 6.07) is 16.9. The normalized spacial score (nSPS) is 18.4. The molecule has 1 heterocycles. The molecule has 3 rings (SSSR count). The van der Waals surface area contributed by atoms with Crippen molar-refractivity contribution in [3.8, 4) is 5.75 Å². The minimum Gasteiger partial charge on any atom is -0.493 e. The van der Waals surface area contributed by atoms with Crippen molar-refractivity contribution >= 4 is 11.8 Å². The van der Waals surface area contributed by atoms with Gasteiger partial charge in [-0.2, -0.15) is 0 Å². The molecule has 1 aliphatic rings. The number of rotatable bonds is 4. The van der Waals surface area contributed by atoms with Crippen LogP contribution < -0.4 is 10.5 Å². The second-order valence-electron chi connectivity index (χ2n) is 5.22.